The van der Waals surface area contributed by atoms with Crippen LogP contribution in [0.3, 0.4) is 0 Å². The highest BCUT2D eigenvalue weighted by atomic mass is 35.5. The molecule has 0 aromatic carbocycles. The Morgan fingerprint density at radius 1 is 1.41 bits per heavy atom. The summed E-state index contributed by atoms with van der Waals surface area (Å²) in [4.78, 5) is 15.8. The van der Waals surface area contributed by atoms with E-state index < -0.39 is 5.60 Å². The average Bonchev–Trinajstić information content (AvgIpc) is 2.48. The Morgan fingerprint density at radius 2 is 2.00 bits per heavy atom. The summed E-state index contributed by atoms with van der Waals surface area (Å²) in [5, 5.41) is 0. The van der Waals surface area contributed by atoms with Crippen LogP contribution in [0.2, 0.25) is 0 Å². The number of carbonyl (C=O) groups excluding carboxylic acids is 1. The first-order chi connectivity index (χ1) is 7.28. The molecule has 1 aliphatic heterocycles. The van der Waals surface area contributed by atoms with Crippen LogP contribution in [0.4, 0.5) is 4.79 Å². The summed E-state index contributed by atoms with van der Waals surface area (Å²) in [6.07, 6.45) is 0.908. The molecule has 0 spiro atoms. The molecule has 0 saturated carbocycles. The van der Waals surface area contributed by atoms with Crippen LogP contribution >= 0.6 is 12.4 Å². The quantitative estimate of drug-likeness (QED) is 0.767. The third kappa shape index (κ3) is 6.13. The van der Waals surface area contributed by atoms with E-state index >= 15 is 0 Å². The number of carbonyl (C=O) groups is 1. The maximum atomic E-state index is 11.8. The zero-order valence-electron chi connectivity index (χ0n) is 11.5. The monoisotopic (exact) mass is 264 g/mol. The van der Waals surface area contributed by atoms with E-state index in [0.29, 0.717) is 5.92 Å². The summed E-state index contributed by atoms with van der Waals surface area (Å²) in [5.41, 5.74) is -0.392. The summed E-state index contributed by atoms with van der Waals surface area (Å²) in [6.45, 7) is 8.40. The predicted octanol–water partition coefficient (Wildman–Crippen LogP) is 2.23. The number of hydrogen-bond donors (Lipinski definition) is 0. The molecule has 0 radical (unpaired) electrons. The molecule has 0 aromatic rings. The topological polar surface area (TPSA) is 32.8 Å². The van der Waals surface area contributed by atoms with E-state index in [2.05, 4.69) is 19.0 Å². The molecule has 0 N–H and O–H groups in total. The van der Waals surface area contributed by atoms with Crippen LogP contribution in [0.15, 0.2) is 0 Å². The minimum absolute atomic E-state index is 0. The molecule has 5 heteroatoms. The number of amides is 1. The van der Waals surface area contributed by atoms with Gasteiger partial charge in [-0.3, -0.25) is 0 Å². The van der Waals surface area contributed by atoms with Gasteiger partial charge in [0.25, 0.3) is 0 Å². The minimum Gasteiger partial charge on any atom is -0.444 e. The summed E-state index contributed by atoms with van der Waals surface area (Å²) >= 11 is 0. The molecule has 1 amide bonds. The molecule has 4 nitrogen and oxygen atoms in total. The lowest BCUT2D eigenvalue weighted by atomic mass is 10.1. The maximum absolute atomic E-state index is 11.8. The fourth-order valence-electron chi connectivity index (χ4n) is 1.99. The summed E-state index contributed by atoms with van der Waals surface area (Å²) in [7, 11) is 4.13. The van der Waals surface area contributed by atoms with Crippen molar-refractivity contribution in [2.75, 3.05) is 33.7 Å². The summed E-state index contributed by atoms with van der Waals surface area (Å²) in [6, 6.07) is 0. The average molecular weight is 265 g/mol. The van der Waals surface area contributed by atoms with Gasteiger partial charge in [-0.1, -0.05) is 0 Å². The molecule has 102 valence electrons. The molecule has 1 unspecified atom stereocenters. The highest BCUT2D eigenvalue weighted by Crippen LogP contribution is 2.19. The van der Waals surface area contributed by atoms with Crippen LogP contribution in [-0.2, 0) is 4.74 Å². The van der Waals surface area contributed by atoms with Crippen LogP contribution in [0.25, 0.3) is 0 Å². The van der Waals surface area contributed by atoms with Crippen molar-refractivity contribution in [2.45, 2.75) is 32.8 Å². The van der Waals surface area contributed by atoms with E-state index in [4.69, 9.17) is 4.74 Å². The van der Waals surface area contributed by atoms with Gasteiger partial charge in [-0.25, -0.2) is 4.79 Å². The third-order valence-electron chi connectivity index (χ3n) is 2.56. The Hall–Kier alpha value is -0.480. The van der Waals surface area contributed by atoms with Crippen molar-refractivity contribution < 1.29 is 9.53 Å². The first-order valence-electron chi connectivity index (χ1n) is 5.90. The van der Waals surface area contributed by atoms with Crippen LogP contribution in [0.5, 0.6) is 0 Å². The van der Waals surface area contributed by atoms with E-state index in [-0.39, 0.29) is 18.5 Å². The molecule has 17 heavy (non-hydrogen) atoms. The van der Waals surface area contributed by atoms with Gasteiger partial charge in [-0.15, -0.1) is 12.4 Å². The van der Waals surface area contributed by atoms with Gasteiger partial charge < -0.3 is 14.5 Å². The molecule has 1 atom stereocenters. The third-order valence-corrected chi connectivity index (χ3v) is 2.56. The zero-order chi connectivity index (χ0) is 12.3. The molecule has 1 saturated heterocycles. The summed E-state index contributed by atoms with van der Waals surface area (Å²) in [5.74, 6) is 0.586. The fourth-order valence-corrected chi connectivity index (χ4v) is 1.99. The first kappa shape index (κ1) is 16.5. The molecule has 1 fully saturated rings. The van der Waals surface area contributed by atoms with Crippen molar-refractivity contribution in [3.8, 4) is 0 Å². The molecule has 0 aliphatic carbocycles. The van der Waals surface area contributed by atoms with E-state index in [9.17, 15) is 4.79 Å². The second-order valence-electron chi connectivity index (χ2n) is 5.84. The molecule has 0 aromatic heterocycles. The van der Waals surface area contributed by atoms with Crippen molar-refractivity contribution in [3.05, 3.63) is 0 Å². The predicted molar refractivity (Wildman–Crippen MR) is 71.7 cm³/mol. The van der Waals surface area contributed by atoms with E-state index in [1.807, 2.05) is 25.7 Å². The Kier molecular flexibility index (Phi) is 6.27. The van der Waals surface area contributed by atoms with Gasteiger partial charge in [0.1, 0.15) is 5.60 Å². The second-order valence-corrected chi connectivity index (χ2v) is 5.84. The SMILES string of the molecule is CN(C)CC1CCN(C(=O)OC(C)(C)C)C1.Cl. The highest BCUT2D eigenvalue weighted by Gasteiger charge is 2.29. The number of rotatable bonds is 2. The number of likely N-dealkylation sites (tertiary alicyclic amines) is 1. The van der Waals surface area contributed by atoms with Crippen molar-refractivity contribution in [2.24, 2.45) is 5.92 Å². The van der Waals surface area contributed by atoms with Crippen LogP contribution < -0.4 is 0 Å². The molecule has 1 aliphatic rings. The van der Waals surface area contributed by atoms with Gasteiger partial charge in [0.15, 0.2) is 0 Å². The smallest absolute Gasteiger partial charge is 0.410 e. The number of ether oxygens (including phenoxy) is 1. The highest BCUT2D eigenvalue weighted by molar-refractivity contribution is 5.85. The molecular formula is C12H25ClN2O2. The summed E-state index contributed by atoms with van der Waals surface area (Å²) < 4.78 is 5.35. The van der Waals surface area contributed by atoms with Crippen LogP contribution in [0, 0.1) is 5.92 Å². The molecule has 1 rings (SSSR count). The largest absolute Gasteiger partial charge is 0.444 e. The lowest BCUT2D eigenvalue weighted by Crippen LogP contribution is -2.36. The van der Waals surface area contributed by atoms with Gasteiger partial charge in [0, 0.05) is 19.6 Å². The Labute approximate surface area is 111 Å². The fraction of sp³-hybridized carbons (Fsp3) is 0.917. The molecule has 1 heterocycles. The van der Waals surface area contributed by atoms with Gasteiger partial charge in [-0.2, -0.15) is 0 Å². The van der Waals surface area contributed by atoms with Crippen molar-refractivity contribution in [3.63, 3.8) is 0 Å². The Balaban J connectivity index is 0.00000256. The standard InChI is InChI=1S/C12H24N2O2.ClH/c1-12(2,3)16-11(15)14-7-6-10(9-14)8-13(4)5;/h10H,6-9H2,1-5H3;1H. The minimum atomic E-state index is -0.392. The van der Waals surface area contributed by atoms with Crippen molar-refractivity contribution in [1.29, 1.82) is 0 Å². The first-order valence-corrected chi connectivity index (χ1v) is 5.90. The maximum Gasteiger partial charge on any atom is 0.410 e. The lowest BCUT2D eigenvalue weighted by molar-refractivity contribution is 0.0286. The van der Waals surface area contributed by atoms with Crippen LogP contribution in [-0.4, -0.2) is 55.2 Å². The number of nitrogens with zero attached hydrogens (tertiary/aromatic N) is 2. The van der Waals surface area contributed by atoms with Crippen molar-refractivity contribution >= 4 is 18.5 Å². The van der Waals surface area contributed by atoms with Gasteiger partial charge in [0.2, 0.25) is 0 Å². The Bertz CT molecular complexity index is 251. The molecule has 0 bridgehead atoms. The zero-order valence-corrected chi connectivity index (χ0v) is 12.3. The van der Waals surface area contributed by atoms with Crippen molar-refractivity contribution in [1.82, 2.24) is 9.80 Å². The Morgan fingerprint density at radius 3 is 2.47 bits per heavy atom. The number of hydrogen-bond acceptors (Lipinski definition) is 3. The molecular weight excluding hydrogens is 240 g/mol. The van der Waals surface area contributed by atoms with Gasteiger partial charge in [-0.05, 0) is 47.2 Å². The number of halogens is 1. The van der Waals surface area contributed by atoms with Crippen LogP contribution in [0.1, 0.15) is 27.2 Å². The van der Waals surface area contributed by atoms with E-state index in [0.717, 1.165) is 26.1 Å². The normalized spacial score (nSPS) is 20.4. The van der Waals surface area contributed by atoms with E-state index in [1.54, 1.807) is 0 Å². The van der Waals surface area contributed by atoms with Gasteiger partial charge in [0.05, 0.1) is 0 Å². The van der Waals surface area contributed by atoms with E-state index in [1.165, 1.54) is 0 Å². The second kappa shape index (κ2) is 6.45. The van der Waals surface area contributed by atoms with Gasteiger partial charge >= 0.3 is 6.09 Å². The lowest BCUT2D eigenvalue weighted by Gasteiger charge is -2.24.